The van der Waals surface area contributed by atoms with E-state index in [0.29, 0.717) is 30.4 Å². The van der Waals surface area contributed by atoms with Crippen LogP contribution in [0.15, 0.2) is 46.9 Å². The molecule has 23 heavy (non-hydrogen) atoms. The maximum absolute atomic E-state index is 12.1. The number of benzene rings is 2. The molecule has 4 nitrogen and oxygen atoms in total. The van der Waals surface area contributed by atoms with E-state index in [4.69, 9.17) is 9.47 Å². The quantitative estimate of drug-likeness (QED) is 0.820. The average Bonchev–Trinajstić information content (AvgIpc) is 2.54. The minimum Gasteiger partial charge on any atom is -0.486 e. The highest BCUT2D eigenvalue weighted by Crippen LogP contribution is 2.38. The van der Waals surface area contributed by atoms with Gasteiger partial charge in [0, 0.05) is 22.7 Å². The first-order chi connectivity index (χ1) is 11.1. The summed E-state index contributed by atoms with van der Waals surface area (Å²) >= 11 is 3.44. The Bertz CT molecular complexity index is 771. The number of rotatable bonds is 3. The summed E-state index contributed by atoms with van der Waals surface area (Å²) in [5, 5.41) is 2.84. The summed E-state index contributed by atoms with van der Waals surface area (Å²) in [4.78, 5) is 12.1. The van der Waals surface area contributed by atoms with E-state index in [1.54, 1.807) is 18.2 Å². The molecule has 118 valence electrons. The zero-order chi connectivity index (χ0) is 16.2. The fraction of sp³-hybridized carbons (Fsp3) is 0.167. The van der Waals surface area contributed by atoms with Crippen molar-refractivity contribution in [2.45, 2.75) is 6.92 Å². The number of ether oxygens (including phenoxy) is 2. The first-order valence-corrected chi connectivity index (χ1v) is 8.06. The zero-order valence-electron chi connectivity index (χ0n) is 12.6. The highest BCUT2D eigenvalue weighted by Gasteiger charge is 2.15. The number of amides is 1. The number of hydrogen-bond donors (Lipinski definition) is 1. The van der Waals surface area contributed by atoms with Crippen LogP contribution in [0.4, 0.5) is 5.69 Å². The molecular weight excluding hydrogens is 358 g/mol. The number of aryl methyl sites for hydroxylation is 1. The molecule has 0 saturated carbocycles. The van der Waals surface area contributed by atoms with Crippen LogP contribution in [0, 0.1) is 6.92 Å². The summed E-state index contributed by atoms with van der Waals surface area (Å²) in [6, 6.07) is 11.5. The summed E-state index contributed by atoms with van der Waals surface area (Å²) in [6.07, 6.45) is 3.30. The van der Waals surface area contributed by atoms with E-state index in [1.165, 1.54) is 6.08 Å². The number of nitrogens with one attached hydrogen (secondary N) is 1. The second kappa shape index (κ2) is 6.87. The van der Waals surface area contributed by atoms with Crippen LogP contribution in [0.1, 0.15) is 11.1 Å². The Balaban J connectivity index is 1.72. The van der Waals surface area contributed by atoms with Crippen molar-refractivity contribution in [3.63, 3.8) is 0 Å². The van der Waals surface area contributed by atoms with Gasteiger partial charge in [-0.15, -0.1) is 0 Å². The van der Waals surface area contributed by atoms with E-state index >= 15 is 0 Å². The van der Waals surface area contributed by atoms with E-state index in [2.05, 4.69) is 21.2 Å². The molecule has 2 aromatic rings. The molecule has 0 saturated heterocycles. The molecule has 0 atom stereocenters. The van der Waals surface area contributed by atoms with Crippen LogP contribution in [0.2, 0.25) is 0 Å². The topological polar surface area (TPSA) is 47.6 Å². The first-order valence-electron chi connectivity index (χ1n) is 7.27. The van der Waals surface area contributed by atoms with Gasteiger partial charge in [-0.2, -0.15) is 0 Å². The van der Waals surface area contributed by atoms with Crippen molar-refractivity contribution in [3.8, 4) is 11.5 Å². The third-order valence-corrected chi connectivity index (χ3v) is 4.02. The Morgan fingerprint density at radius 3 is 2.65 bits per heavy atom. The molecule has 1 N–H and O–H groups in total. The molecular formula is C18H16BrNO3. The predicted molar refractivity (Wildman–Crippen MR) is 94.0 cm³/mol. The summed E-state index contributed by atoms with van der Waals surface area (Å²) in [5.74, 6) is 1.11. The number of hydrogen-bond acceptors (Lipinski definition) is 3. The van der Waals surface area contributed by atoms with Crippen LogP contribution in [-0.4, -0.2) is 19.1 Å². The molecule has 0 unspecified atom stereocenters. The lowest BCUT2D eigenvalue weighted by Gasteiger charge is -2.19. The molecule has 5 heteroatoms. The van der Waals surface area contributed by atoms with Gasteiger partial charge < -0.3 is 14.8 Å². The minimum absolute atomic E-state index is 0.205. The summed E-state index contributed by atoms with van der Waals surface area (Å²) in [7, 11) is 0. The summed E-state index contributed by atoms with van der Waals surface area (Å²) in [6.45, 7) is 3.06. The van der Waals surface area contributed by atoms with Crippen molar-refractivity contribution in [1.82, 2.24) is 0 Å². The molecule has 0 radical (unpaired) electrons. The molecule has 0 aliphatic carbocycles. The van der Waals surface area contributed by atoms with Crippen molar-refractivity contribution in [3.05, 3.63) is 58.1 Å². The number of carbonyl (C=O) groups excluding carboxylic acids is 1. The molecule has 0 bridgehead atoms. The van der Waals surface area contributed by atoms with Gasteiger partial charge in [-0.25, -0.2) is 0 Å². The monoisotopic (exact) mass is 373 g/mol. The van der Waals surface area contributed by atoms with Crippen molar-refractivity contribution in [2.24, 2.45) is 0 Å². The SMILES string of the molecule is Cc1cccc(/C=C/C(=O)Nc2cc3c(cc2Br)OCCO3)c1. The fourth-order valence-electron chi connectivity index (χ4n) is 2.28. The van der Waals surface area contributed by atoms with Gasteiger partial charge in [0.05, 0.1) is 5.69 Å². The number of carbonyl (C=O) groups is 1. The highest BCUT2D eigenvalue weighted by atomic mass is 79.9. The lowest BCUT2D eigenvalue weighted by Crippen LogP contribution is -2.16. The van der Waals surface area contributed by atoms with Gasteiger partial charge in [0.2, 0.25) is 5.91 Å². The number of fused-ring (bicyclic) bond motifs is 1. The summed E-state index contributed by atoms with van der Waals surface area (Å²) in [5.41, 5.74) is 2.79. The lowest BCUT2D eigenvalue weighted by molar-refractivity contribution is -0.111. The van der Waals surface area contributed by atoms with Crippen molar-refractivity contribution >= 4 is 33.6 Å². The summed E-state index contributed by atoms with van der Waals surface area (Å²) < 4.78 is 11.8. The Labute approximate surface area is 143 Å². The van der Waals surface area contributed by atoms with Crippen LogP contribution >= 0.6 is 15.9 Å². The second-order valence-corrected chi connectivity index (χ2v) is 6.07. The van der Waals surface area contributed by atoms with E-state index in [9.17, 15) is 4.79 Å². The number of halogens is 1. The lowest BCUT2D eigenvalue weighted by atomic mass is 10.1. The highest BCUT2D eigenvalue weighted by molar-refractivity contribution is 9.10. The van der Waals surface area contributed by atoms with Crippen LogP contribution in [-0.2, 0) is 4.79 Å². The molecule has 1 amide bonds. The molecule has 0 spiro atoms. The number of anilines is 1. The van der Waals surface area contributed by atoms with Crippen molar-refractivity contribution in [2.75, 3.05) is 18.5 Å². The molecule has 0 fully saturated rings. The van der Waals surface area contributed by atoms with Gasteiger partial charge >= 0.3 is 0 Å². The van der Waals surface area contributed by atoms with Gasteiger partial charge in [0.25, 0.3) is 0 Å². The van der Waals surface area contributed by atoms with E-state index in [-0.39, 0.29) is 5.91 Å². The standard InChI is InChI=1S/C18H16BrNO3/c1-12-3-2-4-13(9-12)5-6-18(21)20-15-11-17-16(10-14(15)19)22-7-8-23-17/h2-6,9-11H,7-8H2,1H3,(H,20,21)/b6-5+. The third-order valence-electron chi connectivity index (χ3n) is 3.36. The van der Waals surface area contributed by atoms with Crippen LogP contribution in [0.5, 0.6) is 11.5 Å². The predicted octanol–water partition coefficient (Wildman–Crippen LogP) is 4.18. The van der Waals surface area contributed by atoms with E-state index in [0.717, 1.165) is 15.6 Å². The van der Waals surface area contributed by atoms with Gasteiger partial charge in [0.15, 0.2) is 11.5 Å². The zero-order valence-corrected chi connectivity index (χ0v) is 14.2. The first kappa shape index (κ1) is 15.6. The average molecular weight is 374 g/mol. The molecule has 1 aliphatic heterocycles. The minimum atomic E-state index is -0.205. The fourth-order valence-corrected chi connectivity index (χ4v) is 2.70. The largest absolute Gasteiger partial charge is 0.486 e. The smallest absolute Gasteiger partial charge is 0.248 e. The Hall–Kier alpha value is -2.27. The molecule has 1 heterocycles. The van der Waals surface area contributed by atoms with Gasteiger partial charge in [-0.05, 0) is 34.5 Å². The van der Waals surface area contributed by atoms with Crippen LogP contribution < -0.4 is 14.8 Å². The molecule has 1 aliphatic rings. The Kier molecular flexibility index (Phi) is 4.67. The maximum atomic E-state index is 12.1. The van der Waals surface area contributed by atoms with Crippen LogP contribution in [0.3, 0.4) is 0 Å². The Morgan fingerprint density at radius 1 is 1.17 bits per heavy atom. The third kappa shape index (κ3) is 3.93. The van der Waals surface area contributed by atoms with Crippen molar-refractivity contribution in [1.29, 1.82) is 0 Å². The molecule has 0 aromatic heterocycles. The van der Waals surface area contributed by atoms with Crippen molar-refractivity contribution < 1.29 is 14.3 Å². The van der Waals surface area contributed by atoms with Gasteiger partial charge in [-0.1, -0.05) is 29.8 Å². The molecule has 2 aromatic carbocycles. The maximum Gasteiger partial charge on any atom is 0.248 e. The van der Waals surface area contributed by atoms with Gasteiger partial charge in [0.1, 0.15) is 13.2 Å². The normalized spacial score (nSPS) is 13.1. The van der Waals surface area contributed by atoms with Gasteiger partial charge in [-0.3, -0.25) is 4.79 Å². The Morgan fingerprint density at radius 2 is 1.91 bits per heavy atom. The van der Waals surface area contributed by atoms with Crippen LogP contribution in [0.25, 0.3) is 6.08 Å². The van der Waals surface area contributed by atoms with E-state index < -0.39 is 0 Å². The molecule has 3 rings (SSSR count). The van der Waals surface area contributed by atoms with E-state index in [1.807, 2.05) is 31.2 Å². The second-order valence-electron chi connectivity index (χ2n) is 5.21.